The molecule has 3 N–H and O–H groups in total. The lowest BCUT2D eigenvalue weighted by molar-refractivity contribution is 0.0181. The number of ether oxygens (including phenoxy) is 2. The molecule has 0 saturated carbocycles. The van der Waals surface area contributed by atoms with Crippen LogP contribution >= 0.6 is 0 Å². The Morgan fingerprint density at radius 2 is 1.55 bits per heavy atom. The van der Waals surface area contributed by atoms with E-state index in [0.717, 1.165) is 11.1 Å². The van der Waals surface area contributed by atoms with E-state index < -0.39 is 29.9 Å². The summed E-state index contributed by atoms with van der Waals surface area (Å²) in [6.45, 7) is 7.83. The average Bonchev–Trinajstić information content (AvgIpc) is 2.77. The van der Waals surface area contributed by atoms with Gasteiger partial charge < -0.3 is 19.9 Å². The highest BCUT2D eigenvalue weighted by molar-refractivity contribution is 5.68. The van der Waals surface area contributed by atoms with E-state index in [2.05, 4.69) is 10.7 Å². The van der Waals surface area contributed by atoms with E-state index in [-0.39, 0.29) is 13.2 Å². The van der Waals surface area contributed by atoms with Crippen molar-refractivity contribution in [1.82, 2.24) is 15.8 Å². The van der Waals surface area contributed by atoms with Crippen molar-refractivity contribution >= 4 is 12.2 Å². The van der Waals surface area contributed by atoms with Crippen LogP contribution in [-0.2, 0) is 22.5 Å². The molecule has 2 aromatic carbocycles. The molecular weight excluding hydrogens is 422 g/mol. The zero-order valence-corrected chi connectivity index (χ0v) is 19.8. The molecule has 0 aliphatic carbocycles. The summed E-state index contributed by atoms with van der Waals surface area (Å²) in [5.41, 5.74) is 3.82. The van der Waals surface area contributed by atoms with Gasteiger partial charge >= 0.3 is 12.2 Å². The normalized spacial score (nSPS) is 13.2. The number of likely N-dealkylation sites (N-methyl/N-ethyl adjacent to an activating group) is 1. The Morgan fingerprint density at radius 3 is 2.09 bits per heavy atom. The molecule has 180 valence electrons. The minimum atomic E-state index is -0.982. The van der Waals surface area contributed by atoms with Crippen molar-refractivity contribution in [3.05, 3.63) is 71.8 Å². The van der Waals surface area contributed by atoms with Gasteiger partial charge in [-0.05, 0) is 38.3 Å². The van der Waals surface area contributed by atoms with Crippen molar-refractivity contribution in [1.29, 1.82) is 0 Å². The lowest BCUT2D eigenvalue weighted by atomic mass is 10.0. The van der Waals surface area contributed by atoms with Gasteiger partial charge in [0.2, 0.25) is 0 Å². The molecule has 0 bridgehead atoms. The summed E-state index contributed by atoms with van der Waals surface area (Å²) in [7, 11) is 0. The van der Waals surface area contributed by atoms with Crippen molar-refractivity contribution in [2.75, 3.05) is 13.1 Å². The first-order chi connectivity index (χ1) is 15.7. The van der Waals surface area contributed by atoms with E-state index >= 15 is 0 Å². The minimum absolute atomic E-state index is 0.0895. The first kappa shape index (κ1) is 26.2. The molecule has 2 rings (SSSR count). The summed E-state index contributed by atoms with van der Waals surface area (Å²) in [5.74, 6) is 0. The van der Waals surface area contributed by atoms with Crippen LogP contribution in [0.3, 0.4) is 0 Å². The van der Waals surface area contributed by atoms with Crippen LogP contribution in [0.15, 0.2) is 60.7 Å². The zero-order chi connectivity index (χ0) is 24.3. The standard InChI is InChI=1S/C25H35N3O5/c1-5-28(27-24(31)33-25(2,3)4)17-22(29)21(16-19-12-8-6-9-13-19)26-23(30)32-18-20-14-10-7-11-15-20/h6-15,21-22,29H,5,16-18H2,1-4H3,(H,26,30)(H,27,31)/t21-,22-/m0/s1. The van der Waals surface area contributed by atoms with Gasteiger partial charge in [0.05, 0.1) is 12.1 Å². The molecular formula is C25H35N3O5. The number of alkyl carbamates (subject to hydrolysis) is 1. The average molecular weight is 458 g/mol. The maximum Gasteiger partial charge on any atom is 0.422 e. The SMILES string of the molecule is CCN(C[C@H](O)[C@H](Cc1ccccc1)NC(=O)OCc1ccccc1)NC(=O)OC(C)(C)C. The van der Waals surface area contributed by atoms with E-state index in [0.29, 0.717) is 13.0 Å². The summed E-state index contributed by atoms with van der Waals surface area (Å²) in [6, 6.07) is 18.3. The summed E-state index contributed by atoms with van der Waals surface area (Å²) in [4.78, 5) is 24.6. The number of benzene rings is 2. The Labute approximate surface area is 195 Å². The van der Waals surface area contributed by atoms with Crippen molar-refractivity contribution in [3.8, 4) is 0 Å². The molecule has 0 aromatic heterocycles. The maximum absolute atomic E-state index is 12.5. The topological polar surface area (TPSA) is 100 Å². The molecule has 33 heavy (non-hydrogen) atoms. The van der Waals surface area contributed by atoms with Crippen LogP contribution < -0.4 is 10.7 Å². The van der Waals surface area contributed by atoms with Gasteiger partial charge in [0.25, 0.3) is 0 Å². The summed E-state index contributed by atoms with van der Waals surface area (Å²) < 4.78 is 10.6. The number of rotatable bonds is 10. The quantitative estimate of drug-likeness (QED) is 0.471. The molecule has 0 unspecified atom stereocenters. The maximum atomic E-state index is 12.5. The van der Waals surface area contributed by atoms with E-state index in [1.165, 1.54) is 0 Å². The molecule has 2 aromatic rings. The summed E-state index contributed by atoms with van der Waals surface area (Å²) in [5, 5.41) is 15.3. The first-order valence-electron chi connectivity index (χ1n) is 11.1. The van der Waals surface area contributed by atoms with Crippen molar-refractivity contribution in [3.63, 3.8) is 0 Å². The molecule has 0 radical (unpaired) electrons. The Bertz CT molecular complexity index is 855. The van der Waals surface area contributed by atoms with Gasteiger partial charge in [-0.2, -0.15) is 0 Å². The first-order valence-corrected chi connectivity index (χ1v) is 11.1. The van der Waals surface area contributed by atoms with Gasteiger partial charge in [-0.3, -0.25) is 5.43 Å². The Morgan fingerprint density at radius 1 is 0.970 bits per heavy atom. The van der Waals surface area contributed by atoms with Gasteiger partial charge in [-0.25, -0.2) is 14.6 Å². The lowest BCUT2D eigenvalue weighted by Gasteiger charge is -2.30. The lowest BCUT2D eigenvalue weighted by Crippen LogP contribution is -2.53. The number of carbonyl (C=O) groups is 2. The van der Waals surface area contributed by atoms with Crippen LogP contribution in [0.5, 0.6) is 0 Å². The van der Waals surface area contributed by atoms with E-state index in [4.69, 9.17) is 9.47 Å². The fraction of sp³-hybridized carbons (Fsp3) is 0.440. The molecule has 0 heterocycles. The highest BCUT2D eigenvalue weighted by atomic mass is 16.6. The minimum Gasteiger partial charge on any atom is -0.445 e. The third kappa shape index (κ3) is 10.4. The van der Waals surface area contributed by atoms with Gasteiger partial charge in [0.1, 0.15) is 12.2 Å². The number of carbonyl (C=O) groups excluding carboxylic acids is 2. The number of nitrogens with one attached hydrogen (secondary N) is 2. The van der Waals surface area contributed by atoms with E-state index in [1.807, 2.05) is 67.6 Å². The number of aliphatic hydroxyl groups is 1. The predicted octanol–water partition coefficient (Wildman–Crippen LogP) is 3.65. The zero-order valence-electron chi connectivity index (χ0n) is 19.8. The largest absolute Gasteiger partial charge is 0.445 e. The van der Waals surface area contributed by atoms with Gasteiger partial charge in [-0.15, -0.1) is 0 Å². The Balaban J connectivity index is 2.01. The number of amides is 2. The van der Waals surface area contributed by atoms with E-state index in [9.17, 15) is 14.7 Å². The molecule has 2 amide bonds. The third-order valence-corrected chi connectivity index (χ3v) is 4.72. The monoisotopic (exact) mass is 457 g/mol. The van der Waals surface area contributed by atoms with Crippen LogP contribution in [0, 0.1) is 0 Å². The highest BCUT2D eigenvalue weighted by Gasteiger charge is 2.26. The highest BCUT2D eigenvalue weighted by Crippen LogP contribution is 2.10. The second kappa shape index (κ2) is 12.8. The second-order valence-corrected chi connectivity index (χ2v) is 8.72. The third-order valence-electron chi connectivity index (χ3n) is 4.72. The summed E-state index contributed by atoms with van der Waals surface area (Å²) in [6.07, 6.45) is -1.82. The van der Waals surface area contributed by atoms with Crippen LogP contribution in [0.4, 0.5) is 9.59 Å². The molecule has 2 atom stereocenters. The van der Waals surface area contributed by atoms with Gasteiger partial charge in [0, 0.05) is 13.1 Å². The van der Waals surface area contributed by atoms with Crippen molar-refractivity contribution in [2.45, 2.75) is 58.5 Å². The number of hydrogen-bond acceptors (Lipinski definition) is 6. The molecule has 0 saturated heterocycles. The Hall–Kier alpha value is -3.10. The molecule has 8 heteroatoms. The van der Waals surface area contributed by atoms with Gasteiger partial charge in [-0.1, -0.05) is 67.6 Å². The number of aliphatic hydroxyl groups excluding tert-OH is 1. The number of nitrogens with zero attached hydrogens (tertiary/aromatic N) is 1. The van der Waals surface area contributed by atoms with Crippen LogP contribution in [-0.4, -0.2) is 53.1 Å². The molecule has 8 nitrogen and oxygen atoms in total. The van der Waals surface area contributed by atoms with Crippen LogP contribution in [0.25, 0.3) is 0 Å². The Kier molecular flexibility index (Phi) is 10.2. The fourth-order valence-electron chi connectivity index (χ4n) is 3.10. The van der Waals surface area contributed by atoms with E-state index in [1.54, 1.807) is 25.8 Å². The number of hydrogen-bond donors (Lipinski definition) is 3. The molecule has 0 aliphatic rings. The predicted molar refractivity (Wildman–Crippen MR) is 126 cm³/mol. The second-order valence-electron chi connectivity index (χ2n) is 8.72. The number of hydrazine groups is 1. The van der Waals surface area contributed by atoms with Crippen LogP contribution in [0.1, 0.15) is 38.8 Å². The van der Waals surface area contributed by atoms with Crippen LogP contribution in [0.2, 0.25) is 0 Å². The summed E-state index contributed by atoms with van der Waals surface area (Å²) >= 11 is 0. The smallest absolute Gasteiger partial charge is 0.422 e. The molecule has 0 aliphatic heterocycles. The van der Waals surface area contributed by atoms with Gasteiger partial charge in [0.15, 0.2) is 0 Å². The van der Waals surface area contributed by atoms with Crippen molar-refractivity contribution < 1.29 is 24.2 Å². The molecule has 0 spiro atoms. The fourth-order valence-corrected chi connectivity index (χ4v) is 3.10. The van der Waals surface area contributed by atoms with Crippen molar-refractivity contribution in [2.24, 2.45) is 0 Å². The molecule has 0 fully saturated rings.